The lowest BCUT2D eigenvalue weighted by molar-refractivity contribution is 0.0695. The first-order valence-corrected chi connectivity index (χ1v) is 10.7. The van der Waals surface area contributed by atoms with E-state index in [1.807, 2.05) is 4.90 Å². The molecule has 1 aromatic heterocycles. The van der Waals surface area contributed by atoms with Crippen LogP contribution in [0.25, 0.3) is 16.6 Å². The molecule has 2 fully saturated rings. The van der Waals surface area contributed by atoms with Gasteiger partial charge in [-0.2, -0.15) is 0 Å². The van der Waals surface area contributed by atoms with Crippen molar-refractivity contribution in [1.82, 2.24) is 9.47 Å². The molecule has 0 spiro atoms. The molecule has 2 aromatic carbocycles. The lowest BCUT2D eigenvalue weighted by atomic mass is 10.1. The molecule has 166 valence electrons. The van der Waals surface area contributed by atoms with Crippen molar-refractivity contribution in [3.63, 3.8) is 0 Å². The smallest absolute Gasteiger partial charge is 0.341 e. The number of aromatic nitrogens is 1. The molecule has 2 aliphatic heterocycles. The van der Waals surface area contributed by atoms with Crippen LogP contribution in [-0.4, -0.2) is 52.8 Å². The average Bonchev–Trinajstić information content (AvgIpc) is 3.01. The summed E-state index contributed by atoms with van der Waals surface area (Å²) in [6, 6.07) is 9.07. The van der Waals surface area contributed by atoms with Gasteiger partial charge in [0.05, 0.1) is 11.2 Å². The predicted octanol–water partition coefficient (Wildman–Crippen LogP) is 3.64. The number of pyridine rings is 1. The van der Waals surface area contributed by atoms with Gasteiger partial charge in [-0.05, 0) is 62.7 Å². The van der Waals surface area contributed by atoms with Crippen LogP contribution in [0.5, 0.6) is 0 Å². The molecule has 32 heavy (non-hydrogen) atoms. The Hall–Kier alpha value is -3.26. The molecule has 2 saturated heterocycles. The highest BCUT2D eigenvalue weighted by Gasteiger charge is 2.35. The number of aromatic carboxylic acids is 1. The zero-order chi connectivity index (χ0) is 22.6. The second-order valence-corrected chi connectivity index (χ2v) is 8.63. The second kappa shape index (κ2) is 7.70. The largest absolute Gasteiger partial charge is 0.477 e. The van der Waals surface area contributed by atoms with Gasteiger partial charge in [0, 0.05) is 42.4 Å². The van der Waals surface area contributed by atoms with Crippen LogP contribution in [0.2, 0.25) is 0 Å². The Morgan fingerprint density at radius 3 is 2.50 bits per heavy atom. The SMILES string of the molecule is CN1[C@@H]2CC[C@H]1CN(c1cc3c(cc1F)c(=O)c(C(=O)O)cn3-c1ccc(F)cc1)CC2. The monoisotopic (exact) mass is 439 g/mol. The summed E-state index contributed by atoms with van der Waals surface area (Å²) in [5.41, 5.74) is 0.0299. The summed E-state index contributed by atoms with van der Waals surface area (Å²) in [5.74, 6) is -2.39. The minimum atomic E-state index is -1.40. The lowest BCUT2D eigenvalue weighted by Crippen LogP contribution is -2.37. The predicted molar refractivity (Wildman–Crippen MR) is 118 cm³/mol. The molecular formula is C24H23F2N3O3. The number of hydrogen-bond acceptors (Lipinski definition) is 4. The van der Waals surface area contributed by atoms with E-state index in [0.717, 1.165) is 25.3 Å². The molecule has 2 aliphatic rings. The summed E-state index contributed by atoms with van der Waals surface area (Å²) in [6.07, 6.45) is 4.36. The number of carboxylic acid groups (broad SMARTS) is 1. The van der Waals surface area contributed by atoms with Crippen LogP contribution in [0, 0.1) is 11.6 Å². The third-order valence-electron chi connectivity index (χ3n) is 6.90. The van der Waals surface area contributed by atoms with Crippen molar-refractivity contribution < 1.29 is 18.7 Å². The number of hydrogen-bond donors (Lipinski definition) is 1. The van der Waals surface area contributed by atoms with Crippen LogP contribution in [-0.2, 0) is 0 Å². The van der Waals surface area contributed by atoms with Crippen LogP contribution >= 0.6 is 0 Å². The topological polar surface area (TPSA) is 65.8 Å². The Balaban J connectivity index is 1.70. The number of rotatable bonds is 3. The maximum absolute atomic E-state index is 15.3. The summed E-state index contributed by atoms with van der Waals surface area (Å²) >= 11 is 0. The van der Waals surface area contributed by atoms with Crippen LogP contribution in [0.3, 0.4) is 0 Å². The van der Waals surface area contributed by atoms with E-state index in [-0.39, 0.29) is 5.39 Å². The second-order valence-electron chi connectivity index (χ2n) is 8.63. The number of halogens is 2. The van der Waals surface area contributed by atoms with Crippen LogP contribution < -0.4 is 10.3 Å². The first kappa shape index (κ1) is 20.6. The van der Waals surface area contributed by atoms with Crippen molar-refractivity contribution >= 4 is 22.6 Å². The van der Waals surface area contributed by atoms with Gasteiger partial charge in [-0.3, -0.25) is 9.69 Å². The third kappa shape index (κ3) is 3.35. The Kier molecular flexibility index (Phi) is 4.97. The number of likely N-dealkylation sites (N-methyl/N-ethyl adjacent to an activating group) is 1. The van der Waals surface area contributed by atoms with E-state index in [1.165, 1.54) is 35.0 Å². The van der Waals surface area contributed by atoms with Gasteiger partial charge in [0.2, 0.25) is 5.43 Å². The molecule has 2 bridgehead atoms. The minimum absolute atomic E-state index is 0.0241. The molecule has 3 heterocycles. The zero-order valence-electron chi connectivity index (χ0n) is 17.6. The molecule has 8 heteroatoms. The van der Waals surface area contributed by atoms with E-state index < -0.39 is 28.6 Å². The van der Waals surface area contributed by atoms with Gasteiger partial charge in [0.1, 0.15) is 17.2 Å². The molecule has 0 saturated carbocycles. The van der Waals surface area contributed by atoms with Crippen molar-refractivity contribution in [3.8, 4) is 5.69 Å². The first-order chi connectivity index (χ1) is 15.3. The van der Waals surface area contributed by atoms with Crippen LogP contribution in [0.4, 0.5) is 14.5 Å². The van der Waals surface area contributed by atoms with Gasteiger partial charge in [-0.1, -0.05) is 0 Å². The summed E-state index contributed by atoms with van der Waals surface area (Å²) in [7, 11) is 2.11. The highest BCUT2D eigenvalue weighted by Crippen LogP contribution is 2.33. The minimum Gasteiger partial charge on any atom is -0.477 e. The average molecular weight is 439 g/mol. The maximum Gasteiger partial charge on any atom is 0.341 e. The molecule has 0 unspecified atom stereocenters. The fourth-order valence-corrected chi connectivity index (χ4v) is 5.07. The molecule has 3 aromatic rings. The fraction of sp³-hybridized carbons (Fsp3) is 0.333. The Morgan fingerprint density at radius 1 is 1.06 bits per heavy atom. The summed E-state index contributed by atoms with van der Waals surface area (Å²) in [4.78, 5) is 28.9. The van der Waals surface area contributed by atoms with Crippen molar-refractivity contribution in [3.05, 3.63) is 70.0 Å². The Bertz CT molecular complexity index is 1270. The fourth-order valence-electron chi connectivity index (χ4n) is 5.07. The molecule has 2 atom stereocenters. The number of carboxylic acids is 1. The number of carbonyl (C=O) groups is 1. The zero-order valence-corrected chi connectivity index (χ0v) is 17.6. The molecule has 5 rings (SSSR count). The van der Waals surface area contributed by atoms with E-state index in [4.69, 9.17) is 0 Å². The van der Waals surface area contributed by atoms with Gasteiger partial charge in [-0.25, -0.2) is 13.6 Å². The third-order valence-corrected chi connectivity index (χ3v) is 6.90. The molecule has 0 radical (unpaired) electrons. The van der Waals surface area contributed by atoms with Gasteiger partial charge < -0.3 is 14.6 Å². The molecule has 6 nitrogen and oxygen atoms in total. The lowest BCUT2D eigenvalue weighted by Gasteiger charge is -2.28. The number of benzene rings is 2. The summed E-state index contributed by atoms with van der Waals surface area (Å²) < 4.78 is 30.3. The standard InChI is InChI=1S/C24H23F2N3O3/c1-27-15-6-7-17(27)12-28(9-8-15)22-11-21-18(10-20(22)26)23(30)19(24(31)32)13-29(21)16-4-2-14(25)3-5-16/h2-5,10-11,13,15,17H,6-9,12H2,1H3,(H,31,32)/t15-,17+/m1/s1. The van der Waals surface area contributed by atoms with E-state index >= 15 is 4.39 Å². The van der Waals surface area contributed by atoms with E-state index in [9.17, 15) is 19.1 Å². The van der Waals surface area contributed by atoms with Gasteiger partial charge in [-0.15, -0.1) is 0 Å². The Labute approximate surface area is 183 Å². The van der Waals surface area contributed by atoms with Crippen molar-refractivity contribution in [1.29, 1.82) is 0 Å². The molecule has 0 amide bonds. The van der Waals surface area contributed by atoms with E-state index in [1.54, 1.807) is 6.07 Å². The number of nitrogens with zero attached hydrogens (tertiary/aromatic N) is 3. The summed E-state index contributed by atoms with van der Waals surface area (Å²) in [5, 5.41) is 9.48. The number of anilines is 1. The number of fused-ring (bicyclic) bond motifs is 3. The Morgan fingerprint density at radius 2 is 1.78 bits per heavy atom. The van der Waals surface area contributed by atoms with Crippen molar-refractivity contribution in [2.45, 2.75) is 31.3 Å². The van der Waals surface area contributed by atoms with Crippen molar-refractivity contribution in [2.24, 2.45) is 0 Å². The van der Waals surface area contributed by atoms with Gasteiger partial charge in [0.25, 0.3) is 0 Å². The normalized spacial score (nSPS) is 21.2. The van der Waals surface area contributed by atoms with E-state index in [0.29, 0.717) is 42.1 Å². The maximum atomic E-state index is 15.3. The van der Waals surface area contributed by atoms with E-state index in [2.05, 4.69) is 11.9 Å². The molecule has 0 aliphatic carbocycles. The highest BCUT2D eigenvalue weighted by atomic mass is 19.1. The quantitative estimate of drug-likeness (QED) is 0.675. The highest BCUT2D eigenvalue weighted by molar-refractivity contribution is 5.94. The first-order valence-electron chi connectivity index (χ1n) is 10.7. The van der Waals surface area contributed by atoms with Gasteiger partial charge >= 0.3 is 5.97 Å². The molecular weight excluding hydrogens is 416 g/mol. The molecule has 1 N–H and O–H groups in total. The van der Waals surface area contributed by atoms with Crippen LogP contribution in [0.15, 0.2) is 47.4 Å². The van der Waals surface area contributed by atoms with Crippen molar-refractivity contribution in [2.75, 3.05) is 25.0 Å². The van der Waals surface area contributed by atoms with Gasteiger partial charge in [0.15, 0.2) is 0 Å². The summed E-state index contributed by atoms with van der Waals surface area (Å²) in [6.45, 7) is 1.38. The van der Waals surface area contributed by atoms with Crippen LogP contribution in [0.1, 0.15) is 29.6 Å².